The molecular formula is C23H18N4O2. The Balaban J connectivity index is 1.78. The van der Waals surface area contributed by atoms with Crippen LogP contribution in [0.25, 0.3) is 56.6 Å². The zero-order chi connectivity index (χ0) is 20.1. The van der Waals surface area contributed by atoms with Gasteiger partial charge >= 0.3 is 0 Å². The van der Waals surface area contributed by atoms with E-state index in [1.165, 1.54) is 0 Å². The van der Waals surface area contributed by atoms with Crippen molar-refractivity contribution in [3.8, 4) is 23.1 Å². The number of allylic oxidation sites excluding steroid dienone is 1. The van der Waals surface area contributed by atoms with E-state index in [-0.39, 0.29) is 11.5 Å². The molecule has 0 aliphatic carbocycles. The third-order valence-electron chi connectivity index (χ3n) is 5.07. The van der Waals surface area contributed by atoms with Crippen molar-refractivity contribution >= 4 is 45.0 Å². The zero-order valence-electron chi connectivity index (χ0n) is 15.7. The third kappa shape index (κ3) is 2.50. The van der Waals surface area contributed by atoms with Crippen molar-refractivity contribution in [2.75, 3.05) is 0 Å². The zero-order valence-corrected chi connectivity index (χ0v) is 15.7. The van der Waals surface area contributed by atoms with Crippen LogP contribution < -0.4 is 0 Å². The van der Waals surface area contributed by atoms with E-state index in [4.69, 9.17) is 9.97 Å². The largest absolute Gasteiger partial charge is 0.507 e. The highest BCUT2D eigenvalue weighted by atomic mass is 16.3. The van der Waals surface area contributed by atoms with E-state index in [9.17, 15) is 10.2 Å². The number of phenols is 2. The van der Waals surface area contributed by atoms with Gasteiger partial charge in [-0.3, -0.25) is 0 Å². The van der Waals surface area contributed by atoms with Crippen LogP contribution in [0.2, 0.25) is 0 Å². The van der Waals surface area contributed by atoms with Crippen LogP contribution in [-0.2, 0) is 0 Å². The van der Waals surface area contributed by atoms with Crippen molar-refractivity contribution in [1.29, 1.82) is 0 Å². The molecule has 6 heteroatoms. The molecule has 0 bridgehead atoms. The molecule has 2 aromatic heterocycles. The summed E-state index contributed by atoms with van der Waals surface area (Å²) in [6.07, 6.45) is 5.41. The molecule has 4 N–H and O–H groups in total. The number of nitrogens with zero attached hydrogens (tertiary/aromatic N) is 2. The predicted molar refractivity (Wildman–Crippen MR) is 117 cm³/mol. The van der Waals surface area contributed by atoms with Gasteiger partial charge in [-0.1, -0.05) is 49.1 Å². The molecule has 5 rings (SSSR count). The van der Waals surface area contributed by atoms with Crippen LogP contribution in [0.3, 0.4) is 0 Å². The van der Waals surface area contributed by atoms with Crippen molar-refractivity contribution in [1.82, 2.24) is 19.9 Å². The molecule has 0 saturated heterocycles. The van der Waals surface area contributed by atoms with E-state index in [2.05, 4.69) is 16.5 Å². The standard InChI is InChI=1S/C23H18N4O2/c1-3-7-14-12(4-2)18(28)10-16-20(14)26-22(24-16)23-25-17-11-19(29)13-8-5-6-9-15(13)21(17)27-23/h3-11,28-29H,2H2,1H3,(H,24,26)(H,25,27)/b7-3-. The van der Waals surface area contributed by atoms with Gasteiger partial charge in [-0.05, 0) is 6.92 Å². The highest BCUT2D eigenvalue weighted by molar-refractivity contribution is 6.08. The van der Waals surface area contributed by atoms with Crippen molar-refractivity contribution in [3.63, 3.8) is 0 Å². The molecule has 29 heavy (non-hydrogen) atoms. The second kappa shape index (κ2) is 6.24. The van der Waals surface area contributed by atoms with Gasteiger partial charge in [0.05, 0.1) is 22.1 Å². The van der Waals surface area contributed by atoms with Gasteiger partial charge in [0.15, 0.2) is 11.6 Å². The van der Waals surface area contributed by atoms with Gasteiger partial charge in [0, 0.05) is 34.0 Å². The van der Waals surface area contributed by atoms with Crippen LogP contribution in [0.5, 0.6) is 11.5 Å². The molecule has 6 nitrogen and oxygen atoms in total. The minimum absolute atomic E-state index is 0.135. The number of phenolic OH excluding ortho intramolecular Hbond substituents is 2. The van der Waals surface area contributed by atoms with Gasteiger partial charge in [-0.2, -0.15) is 0 Å². The van der Waals surface area contributed by atoms with Crippen molar-refractivity contribution in [2.24, 2.45) is 0 Å². The summed E-state index contributed by atoms with van der Waals surface area (Å²) in [7, 11) is 0. The fourth-order valence-corrected chi connectivity index (χ4v) is 3.77. The number of aromatic hydroxyl groups is 2. The summed E-state index contributed by atoms with van der Waals surface area (Å²) in [5.74, 6) is 1.43. The Hall–Kier alpha value is -4.06. The number of imidazole rings is 2. The van der Waals surface area contributed by atoms with E-state index in [1.54, 1.807) is 18.2 Å². The molecule has 0 saturated carbocycles. The summed E-state index contributed by atoms with van der Waals surface area (Å²) < 4.78 is 0. The SMILES string of the molecule is C=Cc1c(O)cc2[nH]c(-c3nc4c(cc(O)c5ccccc54)[nH]3)nc2c1/C=C\C. The second-order valence-corrected chi connectivity index (χ2v) is 6.83. The Morgan fingerprint density at radius 1 is 0.862 bits per heavy atom. The first-order valence-electron chi connectivity index (χ1n) is 9.22. The van der Waals surface area contributed by atoms with Crippen LogP contribution in [0.15, 0.2) is 49.1 Å². The van der Waals surface area contributed by atoms with Gasteiger partial charge in [-0.25, -0.2) is 9.97 Å². The molecule has 0 radical (unpaired) electrons. The van der Waals surface area contributed by atoms with Crippen molar-refractivity contribution < 1.29 is 10.2 Å². The first-order valence-corrected chi connectivity index (χ1v) is 9.22. The Morgan fingerprint density at radius 2 is 1.48 bits per heavy atom. The monoisotopic (exact) mass is 382 g/mol. The number of H-pyrrole nitrogens is 2. The van der Waals surface area contributed by atoms with Crippen molar-refractivity contribution in [2.45, 2.75) is 6.92 Å². The Morgan fingerprint density at radius 3 is 2.17 bits per heavy atom. The normalized spacial score (nSPS) is 11.9. The molecule has 0 unspecified atom stereocenters. The average molecular weight is 382 g/mol. The van der Waals surface area contributed by atoms with E-state index >= 15 is 0 Å². The topological polar surface area (TPSA) is 97.8 Å². The molecule has 0 spiro atoms. The maximum atomic E-state index is 10.4. The average Bonchev–Trinajstić information content (AvgIpc) is 3.32. The van der Waals surface area contributed by atoms with E-state index in [0.717, 1.165) is 32.9 Å². The van der Waals surface area contributed by atoms with Crippen LogP contribution in [0.4, 0.5) is 0 Å². The van der Waals surface area contributed by atoms with Gasteiger partial charge < -0.3 is 20.2 Å². The number of aromatic amines is 2. The van der Waals surface area contributed by atoms with Crippen LogP contribution in [-0.4, -0.2) is 30.1 Å². The van der Waals surface area contributed by atoms with Gasteiger partial charge in [-0.15, -0.1) is 0 Å². The Kier molecular flexibility index (Phi) is 3.67. The molecule has 0 amide bonds. The lowest BCUT2D eigenvalue weighted by Crippen LogP contribution is -1.85. The van der Waals surface area contributed by atoms with E-state index < -0.39 is 0 Å². The maximum Gasteiger partial charge on any atom is 0.174 e. The number of benzene rings is 3. The summed E-state index contributed by atoms with van der Waals surface area (Å²) in [5, 5.41) is 22.3. The van der Waals surface area contributed by atoms with E-state index in [0.29, 0.717) is 22.7 Å². The number of rotatable bonds is 3. The smallest absolute Gasteiger partial charge is 0.174 e. The number of hydrogen-bond acceptors (Lipinski definition) is 4. The summed E-state index contributed by atoms with van der Waals surface area (Å²) >= 11 is 0. The first kappa shape index (κ1) is 17.1. The highest BCUT2D eigenvalue weighted by Gasteiger charge is 2.17. The van der Waals surface area contributed by atoms with Gasteiger partial charge in [0.25, 0.3) is 0 Å². The molecule has 3 aromatic carbocycles. The lowest BCUT2D eigenvalue weighted by molar-refractivity contribution is 0.474. The number of hydrogen-bond donors (Lipinski definition) is 4. The quantitative estimate of drug-likeness (QED) is 0.338. The number of nitrogens with one attached hydrogen (secondary N) is 2. The molecule has 142 valence electrons. The highest BCUT2D eigenvalue weighted by Crippen LogP contribution is 2.35. The molecule has 0 fully saturated rings. The molecule has 5 aromatic rings. The lowest BCUT2D eigenvalue weighted by Gasteiger charge is -2.04. The minimum atomic E-state index is 0.135. The third-order valence-corrected chi connectivity index (χ3v) is 5.07. The molecular weight excluding hydrogens is 364 g/mol. The Bertz CT molecular complexity index is 1460. The van der Waals surface area contributed by atoms with Gasteiger partial charge in [0.2, 0.25) is 0 Å². The molecule has 0 atom stereocenters. The number of fused-ring (bicyclic) bond motifs is 4. The minimum Gasteiger partial charge on any atom is -0.507 e. The van der Waals surface area contributed by atoms with Crippen LogP contribution >= 0.6 is 0 Å². The molecule has 2 heterocycles. The maximum absolute atomic E-state index is 10.4. The van der Waals surface area contributed by atoms with Crippen LogP contribution in [0.1, 0.15) is 18.1 Å². The van der Waals surface area contributed by atoms with Gasteiger partial charge in [0.1, 0.15) is 11.5 Å². The summed E-state index contributed by atoms with van der Waals surface area (Å²) in [6.45, 7) is 5.71. The van der Waals surface area contributed by atoms with Crippen molar-refractivity contribution in [3.05, 3.63) is 60.2 Å². The Labute approximate surface area is 165 Å². The lowest BCUT2D eigenvalue weighted by atomic mass is 10.0. The first-order chi connectivity index (χ1) is 14.1. The summed E-state index contributed by atoms with van der Waals surface area (Å²) in [5.41, 5.74) is 4.33. The predicted octanol–water partition coefficient (Wildman–Crippen LogP) is 5.35. The summed E-state index contributed by atoms with van der Waals surface area (Å²) in [4.78, 5) is 15.9. The molecule has 0 aliphatic rings. The van der Waals surface area contributed by atoms with Crippen LogP contribution in [0, 0.1) is 0 Å². The summed E-state index contributed by atoms with van der Waals surface area (Å²) in [6, 6.07) is 10.9. The molecule has 0 aliphatic heterocycles. The van der Waals surface area contributed by atoms with E-state index in [1.807, 2.05) is 43.3 Å². The fourth-order valence-electron chi connectivity index (χ4n) is 3.77. The second-order valence-electron chi connectivity index (χ2n) is 6.83. The number of aromatic nitrogens is 4. The fraction of sp³-hybridized carbons (Fsp3) is 0.0435.